The van der Waals surface area contributed by atoms with Gasteiger partial charge in [0.05, 0.1) is 11.6 Å². The van der Waals surface area contributed by atoms with Crippen molar-refractivity contribution in [2.45, 2.75) is 12.3 Å². The van der Waals surface area contributed by atoms with Gasteiger partial charge in [-0.3, -0.25) is 0 Å². The van der Waals surface area contributed by atoms with Crippen LogP contribution in [-0.4, -0.2) is 9.97 Å². The van der Waals surface area contributed by atoms with Gasteiger partial charge in [-0.15, -0.1) is 11.6 Å². The molecule has 0 aliphatic carbocycles. The van der Waals surface area contributed by atoms with E-state index in [4.69, 9.17) is 34.8 Å². The lowest BCUT2D eigenvalue weighted by Crippen LogP contribution is -1.99. The molecule has 5 heteroatoms. The molecule has 1 heterocycles. The lowest BCUT2D eigenvalue weighted by Gasteiger charge is -2.06. The van der Waals surface area contributed by atoms with Crippen LogP contribution in [0.3, 0.4) is 0 Å². The van der Waals surface area contributed by atoms with Crippen molar-refractivity contribution in [3.05, 3.63) is 57.6 Å². The molecule has 0 aliphatic rings. The molecule has 0 saturated heterocycles. The quantitative estimate of drug-likeness (QED) is 0.794. The molecule has 88 valence electrons. The van der Waals surface area contributed by atoms with Crippen LogP contribution >= 0.6 is 34.8 Å². The summed E-state index contributed by atoms with van der Waals surface area (Å²) in [5.41, 5.74) is 1.63. The lowest BCUT2D eigenvalue weighted by molar-refractivity contribution is 0.936. The molecule has 0 spiro atoms. The van der Waals surface area contributed by atoms with Gasteiger partial charge in [0.25, 0.3) is 0 Å². The monoisotopic (exact) mass is 286 g/mol. The zero-order valence-electron chi connectivity index (χ0n) is 8.83. The Kier molecular flexibility index (Phi) is 4.21. The van der Waals surface area contributed by atoms with Crippen LogP contribution in [0.4, 0.5) is 0 Å². The van der Waals surface area contributed by atoms with Crippen molar-refractivity contribution in [3.63, 3.8) is 0 Å². The molecule has 2 rings (SSSR count). The standard InChI is InChI=1S/C12H9Cl3N2/c13-7-8-4-5-16-12(17-8)6-9-10(14)2-1-3-11(9)15/h1-5H,6-7H2. The van der Waals surface area contributed by atoms with Gasteiger partial charge in [-0.1, -0.05) is 29.3 Å². The molecule has 0 atom stereocenters. The summed E-state index contributed by atoms with van der Waals surface area (Å²) >= 11 is 17.9. The fraction of sp³-hybridized carbons (Fsp3) is 0.167. The molecule has 0 aliphatic heterocycles. The van der Waals surface area contributed by atoms with E-state index in [-0.39, 0.29) is 0 Å². The predicted molar refractivity (Wildman–Crippen MR) is 70.9 cm³/mol. The van der Waals surface area contributed by atoms with Gasteiger partial charge in [0.2, 0.25) is 0 Å². The van der Waals surface area contributed by atoms with Crippen molar-refractivity contribution in [2.75, 3.05) is 0 Å². The topological polar surface area (TPSA) is 25.8 Å². The third-order valence-electron chi connectivity index (χ3n) is 2.30. The van der Waals surface area contributed by atoms with E-state index in [1.807, 2.05) is 6.07 Å². The molecule has 0 amide bonds. The number of benzene rings is 1. The van der Waals surface area contributed by atoms with Crippen molar-refractivity contribution < 1.29 is 0 Å². The summed E-state index contributed by atoms with van der Waals surface area (Å²) in [7, 11) is 0. The number of hydrogen-bond donors (Lipinski definition) is 0. The molecule has 0 N–H and O–H groups in total. The first kappa shape index (κ1) is 12.6. The third kappa shape index (κ3) is 3.09. The van der Waals surface area contributed by atoms with Crippen LogP contribution in [0.15, 0.2) is 30.5 Å². The molecule has 0 fully saturated rings. The van der Waals surface area contributed by atoms with Crippen LogP contribution in [0.1, 0.15) is 17.1 Å². The summed E-state index contributed by atoms with van der Waals surface area (Å²) in [5.74, 6) is 1.03. The summed E-state index contributed by atoms with van der Waals surface area (Å²) in [6.45, 7) is 0. The molecule has 0 bridgehead atoms. The number of alkyl halides is 1. The first-order valence-electron chi connectivity index (χ1n) is 5.00. The van der Waals surface area contributed by atoms with Gasteiger partial charge in [-0.25, -0.2) is 9.97 Å². The first-order valence-corrected chi connectivity index (χ1v) is 6.29. The minimum atomic E-state index is 0.367. The number of halogens is 3. The molecule has 2 aromatic rings. The van der Waals surface area contributed by atoms with E-state index in [0.717, 1.165) is 11.3 Å². The maximum Gasteiger partial charge on any atom is 0.133 e. The van der Waals surface area contributed by atoms with E-state index in [0.29, 0.717) is 28.2 Å². The van der Waals surface area contributed by atoms with Crippen LogP contribution in [0.2, 0.25) is 10.0 Å². The average molecular weight is 288 g/mol. The summed E-state index contributed by atoms with van der Waals surface area (Å²) in [5, 5.41) is 1.25. The first-order chi connectivity index (χ1) is 8.20. The van der Waals surface area contributed by atoms with Crippen LogP contribution < -0.4 is 0 Å². The Morgan fingerprint density at radius 3 is 2.41 bits per heavy atom. The predicted octanol–water partition coefficient (Wildman–Crippen LogP) is 4.11. The average Bonchev–Trinajstić information content (AvgIpc) is 2.34. The second-order valence-corrected chi connectivity index (χ2v) is 4.56. The molecule has 1 aromatic carbocycles. The Hall–Kier alpha value is -0.830. The summed E-state index contributed by atoms with van der Waals surface area (Å²) in [6, 6.07) is 7.19. The van der Waals surface area contributed by atoms with Gasteiger partial charge >= 0.3 is 0 Å². The lowest BCUT2D eigenvalue weighted by atomic mass is 10.1. The molecular formula is C12H9Cl3N2. The molecule has 2 nitrogen and oxygen atoms in total. The number of nitrogens with zero attached hydrogens (tertiary/aromatic N) is 2. The minimum Gasteiger partial charge on any atom is -0.241 e. The number of hydrogen-bond acceptors (Lipinski definition) is 2. The summed E-state index contributed by atoms with van der Waals surface area (Å²) in [6.07, 6.45) is 2.19. The van der Waals surface area contributed by atoms with Gasteiger partial charge in [0.1, 0.15) is 5.82 Å². The van der Waals surface area contributed by atoms with Gasteiger partial charge in [0.15, 0.2) is 0 Å². The Morgan fingerprint density at radius 2 is 1.76 bits per heavy atom. The van der Waals surface area contributed by atoms with Crippen molar-refractivity contribution in [2.24, 2.45) is 0 Å². The molecular weight excluding hydrogens is 279 g/mol. The second-order valence-electron chi connectivity index (χ2n) is 3.47. The highest BCUT2D eigenvalue weighted by molar-refractivity contribution is 6.36. The van der Waals surface area contributed by atoms with E-state index < -0.39 is 0 Å². The largest absolute Gasteiger partial charge is 0.241 e. The SMILES string of the molecule is ClCc1ccnc(Cc2c(Cl)cccc2Cl)n1. The third-order valence-corrected chi connectivity index (χ3v) is 3.28. The smallest absolute Gasteiger partial charge is 0.133 e. The summed E-state index contributed by atoms with van der Waals surface area (Å²) in [4.78, 5) is 8.49. The highest BCUT2D eigenvalue weighted by atomic mass is 35.5. The van der Waals surface area contributed by atoms with Gasteiger partial charge < -0.3 is 0 Å². The number of rotatable bonds is 3. The fourth-order valence-corrected chi connectivity index (χ4v) is 2.14. The van der Waals surface area contributed by atoms with Crippen molar-refractivity contribution in [1.82, 2.24) is 9.97 Å². The van der Waals surface area contributed by atoms with Crippen molar-refractivity contribution in [3.8, 4) is 0 Å². The Labute approximate surface area is 115 Å². The Bertz CT molecular complexity index is 509. The maximum atomic E-state index is 6.09. The fourth-order valence-electron chi connectivity index (χ4n) is 1.46. The van der Waals surface area contributed by atoms with Crippen molar-refractivity contribution in [1.29, 1.82) is 0 Å². The van der Waals surface area contributed by atoms with Crippen LogP contribution in [0.5, 0.6) is 0 Å². The van der Waals surface area contributed by atoms with E-state index in [9.17, 15) is 0 Å². The van der Waals surface area contributed by atoms with Crippen LogP contribution in [0, 0.1) is 0 Å². The number of aromatic nitrogens is 2. The van der Waals surface area contributed by atoms with E-state index >= 15 is 0 Å². The molecule has 0 saturated carbocycles. The van der Waals surface area contributed by atoms with Gasteiger partial charge in [0, 0.05) is 22.7 Å². The minimum absolute atomic E-state index is 0.367. The highest BCUT2D eigenvalue weighted by Gasteiger charge is 2.08. The summed E-state index contributed by atoms with van der Waals surface area (Å²) < 4.78 is 0. The zero-order valence-corrected chi connectivity index (χ0v) is 11.1. The highest BCUT2D eigenvalue weighted by Crippen LogP contribution is 2.25. The van der Waals surface area contributed by atoms with Crippen LogP contribution in [-0.2, 0) is 12.3 Å². The normalized spacial score (nSPS) is 10.5. The van der Waals surface area contributed by atoms with Gasteiger partial charge in [-0.2, -0.15) is 0 Å². The second kappa shape index (κ2) is 5.67. The van der Waals surface area contributed by atoms with E-state index in [1.54, 1.807) is 24.4 Å². The van der Waals surface area contributed by atoms with Crippen molar-refractivity contribution >= 4 is 34.8 Å². The Balaban J connectivity index is 2.31. The maximum absolute atomic E-state index is 6.09. The van der Waals surface area contributed by atoms with E-state index in [1.165, 1.54) is 0 Å². The molecule has 0 unspecified atom stereocenters. The van der Waals surface area contributed by atoms with Gasteiger partial charge in [-0.05, 0) is 23.8 Å². The van der Waals surface area contributed by atoms with Crippen LogP contribution in [0.25, 0.3) is 0 Å². The molecule has 17 heavy (non-hydrogen) atoms. The molecule has 0 radical (unpaired) electrons. The molecule has 1 aromatic heterocycles. The Morgan fingerprint density at radius 1 is 1.06 bits per heavy atom. The van der Waals surface area contributed by atoms with E-state index in [2.05, 4.69) is 9.97 Å². The zero-order chi connectivity index (χ0) is 12.3.